The first-order valence-electron chi connectivity index (χ1n) is 8.81. The molecule has 6 heteroatoms. The molecule has 0 bridgehead atoms. The van der Waals surface area contributed by atoms with Gasteiger partial charge in [-0.05, 0) is 51.4 Å². The molecule has 1 aromatic heterocycles. The molecule has 1 spiro atoms. The van der Waals surface area contributed by atoms with Gasteiger partial charge < -0.3 is 14.2 Å². The summed E-state index contributed by atoms with van der Waals surface area (Å²) in [5, 5.41) is 3.85. The average molecular weight is 319 g/mol. The molecular formula is C17H25N3O3. The van der Waals surface area contributed by atoms with Gasteiger partial charge in [-0.25, -0.2) is 0 Å². The first kappa shape index (κ1) is 15.1. The fourth-order valence-electron chi connectivity index (χ4n) is 4.30. The van der Waals surface area contributed by atoms with Gasteiger partial charge in [-0.15, -0.1) is 0 Å². The number of carbonyl (C=O) groups is 1. The third kappa shape index (κ3) is 2.77. The van der Waals surface area contributed by atoms with Gasteiger partial charge in [0.25, 0.3) is 5.89 Å². The summed E-state index contributed by atoms with van der Waals surface area (Å²) in [6.45, 7) is 5.68. The molecule has 0 N–H and O–H groups in total. The fourth-order valence-corrected chi connectivity index (χ4v) is 4.30. The number of aromatic nitrogens is 2. The van der Waals surface area contributed by atoms with Crippen LogP contribution in [-0.4, -0.2) is 39.6 Å². The largest absolute Gasteiger partial charge is 0.362 e. The predicted octanol–water partition coefficient (Wildman–Crippen LogP) is 2.64. The Hall–Kier alpha value is -1.43. The minimum atomic E-state index is -0.100. The van der Waals surface area contributed by atoms with Gasteiger partial charge in [0.05, 0.1) is 5.60 Å². The molecule has 4 rings (SSSR count). The summed E-state index contributed by atoms with van der Waals surface area (Å²) in [4.78, 5) is 18.8. The molecule has 6 nitrogen and oxygen atoms in total. The van der Waals surface area contributed by atoms with E-state index in [4.69, 9.17) is 9.26 Å². The highest BCUT2D eigenvalue weighted by molar-refractivity contribution is 5.79. The van der Waals surface area contributed by atoms with Crippen LogP contribution in [0.3, 0.4) is 0 Å². The zero-order valence-electron chi connectivity index (χ0n) is 14.0. The summed E-state index contributed by atoms with van der Waals surface area (Å²) < 4.78 is 11.6. The van der Waals surface area contributed by atoms with Crippen molar-refractivity contribution in [3.8, 4) is 0 Å². The summed E-state index contributed by atoms with van der Waals surface area (Å²) in [5.74, 6) is 2.61. The number of likely N-dealkylation sites (tertiary alicyclic amines) is 1. The number of rotatable bonds is 2. The number of piperidine rings is 1. The van der Waals surface area contributed by atoms with E-state index in [1.807, 2.05) is 6.92 Å². The molecule has 2 aliphatic heterocycles. The SMILES string of the molecule is Cc1noc([C@@H]2CCC3(CCN(C(=O)C4CC(C)C4)CC3)O2)n1. The van der Waals surface area contributed by atoms with Gasteiger partial charge in [-0.2, -0.15) is 4.98 Å². The van der Waals surface area contributed by atoms with E-state index in [0.717, 1.165) is 57.5 Å². The van der Waals surface area contributed by atoms with Gasteiger partial charge >= 0.3 is 0 Å². The van der Waals surface area contributed by atoms with Crippen molar-refractivity contribution in [2.75, 3.05) is 13.1 Å². The van der Waals surface area contributed by atoms with E-state index in [2.05, 4.69) is 22.0 Å². The van der Waals surface area contributed by atoms with Crippen molar-refractivity contribution < 1.29 is 14.1 Å². The second kappa shape index (κ2) is 5.58. The van der Waals surface area contributed by atoms with Crippen molar-refractivity contribution in [1.29, 1.82) is 0 Å². The van der Waals surface area contributed by atoms with Crippen LogP contribution in [0.5, 0.6) is 0 Å². The molecular weight excluding hydrogens is 294 g/mol. The number of amides is 1. The number of ether oxygens (including phenoxy) is 1. The zero-order chi connectivity index (χ0) is 16.0. The van der Waals surface area contributed by atoms with Crippen LogP contribution in [0, 0.1) is 18.8 Å². The predicted molar refractivity (Wildman–Crippen MR) is 82.5 cm³/mol. The van der Waals surface area contributed by atoms with Crippen LogP contribution in [0.4, 0.5) is 0 Å². The van der Waals surface area contributed by atoms with E-state index in [-0.39, 0.29) is 17.6 Å². The van der Waals surface area contributed by atoms with E-state index < -0.39 is 0 Å². The first-order chi connectivity index (χ1) is 11.0. The lowest BCUT2D eigenvalue weighted by atomic mass is 9.75. The van der Waals surface area contributed by atoms with Crippen molar-refractivity contribution in [1.82, 2.24) is 15.0 Å². The summed E-state index contributed by atoms with van der Waals surface area (Å²) in [7, 11) is 0. The lowest BCUT2D eigenvalue weighted by molar-refractivity contribution is -0.146. The molecule has 3 heterocycles. The zero-order valence-corrected chi connectivity index (χ0v) is 14.0. The Morgan fingerprint density at radius 1 is 1.26 bits per heavy atom. The van der Waals surface area contributed by atoms with E-state index in [0.29, 0.717) is 17.6 Å². The highest BCUT2D eigenvalue weighted by Gasteiger charge is 2.46. The van der Waals surface area contributed by atoms with Crippen LogP contribution in [-0.2, 0) is 9.53 Å². The van der Waals surface area contributed by atoms with Gasteiger partial charge in [0.15, 0.2) is 5.82 Å². The van der Waals surface area contributed by atoms with E-state index in [9.17, 15) is 4.79 Å². The molecule has 0 unspecified atom stereocenters. The van der Waals surface area contributed by atoms with Gasteiger partial charge in [-0.1, -0.05) is 12.1 Å². The number of aryl methyl sites for hydroxylation is 1. The maximum Gasteiger partial charge on any atom is 0.255 e. The highest BCUT2D eigenvalue weighted by atomic mass is 16.5. The molecule has 1 atom stereocenters. The van der Waals surface area contributed by atoms with E-state index in [1.54, 1.807) is 0 Å². The average Bonchev–Trinajstić information content (AvgIpc) is 3.11. The minimum Gasteiger partial charge on any atom is -0.362 e. The number of carbonyl (C=O) groups excluding carboxylic acids is 1. The second-order valence-electron chi connectivity index (χ2n) is 7.61. The van der Waals surface area contributed by atoms with E-state index in [1.165, 1.54) is 0 Å². The van der Waals surface area contributed by atoms with Gasteiger partial charge in [0.1, 0.15) is 6.10 Å². The number of nitrogens with zero attached hydrogens (tertiary/aromatic N) is 3. The summed E-state index contributed by atoms with van der Waals surface area (Å²) in [6, 6.07) is 0. The Morgan fingerprint density at radius 3 is 2.61 bits per heavy atom. The van der Waals surface area contributed by atoms with Crippen molar-refractivity contribution in [2.45, 2.75) is 64.1 Å². The molecule has 1 amide bonds. The quantitative estimate of drug-likeness (QED) is 0.838. The standard InChI is InChI=1S/C17H25N3O3/c1-11-9-13(10-11)16(21)20-7-5-17(6-8-20)4-3-14(22-17)15-18-12(2)19-23-15/h11,13-14H,3-10H2,1-2H3/t11?,13?,14-/m0/s1. The van der Waals surface area contributed by atoms with Crippen molar-refractivity contribution >= 4 is 5.91 Å². The second-order valence-corrected chi connectivity index (χ2v) is 7.61. The van der Waals surface area contributed by atoms with Crippen molar-refractivity contribution in [2.24, 2.45) is 11.8 Å². The monoisotopic (exact) mass is 319 g/mol. The molecule has 3 fully saturated rings. The minimum absolute atomic E-state index is 0.0778. The highest BCUT2D eigenvalue weighted by Crippen LogP contribution is 2.45. The van der Waals surface area contributed by atoms with Crippen LogP contribution in [0.15, 0.2) is 4.52 Å². The van der Waals surface area contributed by atoms with Crippen LogP contribution < -0.4 is 0 Å². The van der Waals surface area contributed by atoms with Crippen molar-refractivity contribution in [3.63, 3.8) is 0 Å². The lowest BCUT2D eigenvalue weighted by Gasteiger charge is -2.42. The van der Waals surface area contributed by atoms with Gasteiger partial charge in [0, 0.05) is 19.0 Å². The maximum absolute atomic E-state index is 12.5. The van der Waals surface area contributed by atoms with Crippen LogP contribution >= 0.6 is 0 Å². The van der Waals surface area contributed by atoms with Gasteiger partial charge in [0.2, 0.25) is 5.91 Å². The third-order valence-corrected chi connectivity index (χ3v) is 5.78. The molecule has 1 aromatic rings. The Bertz CT molecular complexity index is 586. The Kier molecular flexibility index (Phi) is 3.67. The Balaban J connectivity index is 1.33. The Labute approximate surface area is 136 Å². The maximum atomic E-state index is 12.5. The van der Waals surface area contributed by atoms with Crippen LogP contribution in [0.25, 0.3) is 0 Å². The van der Waals surface area contributed by atoms with Gasteiger partial charge in [-0.3, -0.25) is 4.79 Å². The molecule has 1 saturated carbocycles. The Morgan fingerprint density at radius 2 is 2.00 bits per heavy atom. The van der Waals surface area contributed by atoms with E-state index >= 15 is 0 Å². The molecule has 3 aliphatic rings. The molecule has 2 saturated heterocycles. The lowest BCUT2D eigenvalue weighted by Crippen LogP contribution is -2.49. The normalized spacial score (nSPS) is 33.0. The smallest absolute Gasteiger partial charge is 0.255 e. The van der Waals surface area contributed by atoms with Crippen LogP contribution in [0.2, 0.25) is 0 Å². The molecule has 126 valence electrons. The fraction of sp³-hybridized carbons (Fsp3) is 0.824. The summed E-state index contributed by atoms with van der Waals surface area (Å²) >= 11 is 0. The topological polar surface area (TPSA) is 68.5 Å². The molecule has 0 radical (unpaired) electrons. The first-order valence-corrected chi connectivity index (χ1v) is 8.81. The van der Waals surface area contributed by atoms with Crippen LogP contribution in [0.1, 0.15) is 63.3 Å². The summed E-state index contributed by atoms with van der Waals surface area (Å²) in [5.41, 5.74) is -0.100. The third-order valence-electron chi connectivity index (χ3n) is 5.78. The molecule has 1 aliphatic carbocycles. The molecule has 23 heavy (non-hydrogen) atoms. The number of hydrogen-bond acceptors (Lipinski definition) is 5. The molecule has 0 aromatic carbocycles. The van der Waals surface area contributed by atoms with Crippen molar-refractivity contribution in [3.05, 3.63) is 11.7 Å². The summed E-state index contributed by atoms with van der Waals surface area (Å²) in [6.07, 6.45) is 5.84. The number of hydrogen-bond donors (Lipinski definition) is 0.